The summed E-state index contributed by atoms with van der Waals surface area (Å²) in [5, 5.41) is 25.9. The van der Waals surface area contributed by atoms with Crippen molar-refractivity contribution in [2.75, 3.05) is 5.75 Å². The molecule has 4 unspecified atom stereocenters. The molecule has 1 heterocycles. The first kappa shape index (κ1) is 31.1. The van der Waals surface area contributed by atoms with E-state index in [0.29, 0.717) is 0 Å². The molecule has 1 aromatic carbocycles. The molecule has 4 atom stereocenters. The molecule has 10 N–H and O–H groups in total. The average molecular weight is 565 g/mol. The van der Waals surface area contributed by atoms with Gasteiger partial charge in [-0.15, -0.1) is 0 Å². The molecule has 0 spiro atoms. The number of carboxylic acids is 2. The first-order valence-corrected chi connectivity index (χ1v) is 12.6. The first-order chi connectivity index (χ1) is 18.4. The Morgan fingerprint density at radius 1 is 0.872 bits per heavy atom. The number of hydrogen-bond acceptors (Lipinski definition) is 8. The predicted octanol–water partition coefficient (Wildman–Crippen LogP) is -1.36. The molecule has 2 rings (SSSR count). The summed E-state index contributed by atoms with van der Waals surface area (Å²) in [6.45, 7) is 0. The molecule has 0 bridgehead atoms. The van der Waals surface area contributed by atoms with Crippen LogP contribution in [0.2, 0.25) is 0 Å². The topological polar surface area (TPSA) is 247 Å². The van der Waals surface area contributed by atoms with Crippen LogP contribution in [0.5, 0.6) is 0 Å². The van der Waals surface area contributed by atoms with Crippen molar-refractivity contribution in [3.63, 3.8) is 0 Å². The number of nitrogens with two attached hydrogens (primary N) is 2. The van der Waals surface area contributed by atoms with Gasteiger partial charge in [-0.25, -0.2) is 4.79 Å². The molecule has 0 radical (unpaired) electrons. The minimum atomic E-state index is -1.51. The number of nitrogens with one attached hydrogen (secondary N) is 4. The van der Waals surface area contributed by atoms with Crippen LogP contribution in [-0.4, -0.2) is 80.7 Å². The van der Waals surface area contributed by atoms with E-state index in [-0.39, 0.29) is 31.4 Å². The van der Waals surface area contributed by atoms with Gasteiger partial charge in [-0.1, -0.05) is 18.2 Å². The highest BCUT2D eigenvalue weighted by Gasteiger charge is 2.30. The van der Waals surface area contributed by atoms with E-state index in [0.717, 1.165) is 16.5 Å². The highest BCUT2D eigenvalue weighted by Crippen LogP contribution is 2.18. The van der Waals surface area contributed by atoms with Crippen LogP contribution in [0.15, 0.2) is 30.5 Å². The Hall–Kier alpha value is -4.11. The minimum absolute atomic E-state index is 0.147. The van der Waals surface area contributed by atoms with Gasteiger partial charge in [0.05, 0.1) is 6.04 Å². The third kappa shape index (κ3) is 9.61. The van der Waals surface area contributed by atoms with Crippen LogP contribution >= 0.6 is 12.6 Å². The Morgan fingerprint density at radius 2 is 1.46 bits per heavy atom. The van der Waals surface area contributed by atoms with Gasteiger partial charge in [-0.05, 0) is 30.9 Å². The number of H-pyrrole nitrogens is 1. The largest absolute Gasteiger partial charge is 0.481 e. The van der Waals surface area contributed by atoms with Gasteiger partial charge in [0.15, 0.2) is 0 Å². The number of fused-ring (bicyclic) bond motifs is 1. The molecule has 39 heavy (non-hydrogen) atoms. The molecule has 14 nitrogen and oxygen atoms in total. The lowest BCUT2D eigenvalue weighted by Gasteiger charge is -2.24. The summed E-state index contributed by atoms with van der Waals surface area (Å²) in [6, 6.07) is 2.24. The van der Waals surface area contributed by atoms with Crippen molar-refractivity contribution in [1.29, 1.82) is 0 Å². The second kappa shape index (κ2) is 14.7. The number of amides is 4. The lowest BCUT2D eigenvalue weighted by atomic mass is 10.0. The highest BCUT2D eigenvalue weighted by molar-refractivity contribution is 7.80. The van der Waals surface area contributed by atoms with Crippen molar-refractivity contribution in [1.82, 2.24) is 20.9 Å². The Bertz CT molecular complexity index is 1220. The summed E-state index contributed by atoms with van der Waals surface area (Å²) >= 11 is 4.02. The molecule has 212 valence electrons. The smallest absolute Gasteiger partial charge is 0.326 e. The van der Waals surface area contributed by atoms with Crippen molar-refractivity contribution in [2.45, 2.75) is 56.3 Å². The summed E-state index contributed by atoms with van der Waals surface area (Å²) in [7, 11) is 0. The van der Waals surface area contributed by atoms with Gasteiger partial charge in [0.1, 0.15) is 18.1 Å². The van der Waals surface area contributed by atoms with Crippen molar-refractivity contribution in [3.05, 3.63) is 36.0 Å². The number of hydrogen-bond donors (Lipinski definition) is 9. The second-order valence-corrected chi connectivity index (χ2v) is 9.18. The number of aromatic amines is 1. The fourth-order valence-corrected chi connectivity index (χ4v) is 3.99. The number of primary amides is 1. The maximum Gasteiger partial charge on any atom is 0.326 e. The number of benzene rings is 1. The van der Waals surface area contributed by atoms with Crippen molar-refractivity contribution in [3.8, 4) is 0 Å². The number of para-hydroxylation sites is 1. The van der Waals surface area contributed by atoms with E-state index in [1.54, 1.807) is 6.20 Å². The number of carbonyl (C=O) groups is 6. The van der Waals surface area contributed by atoms with Gasteiger partial charge in [-0.3, -0.25) is 24.0 Å². The zero-order chi connectivity index (χ0) is 29.1. The second-order valence-electron chi connectivity index (χ2n) is 8.81. The number of carboxylic acid groups (broad SMARTS) is 2. The fraction of sp³-hybridized carbons (Fsp3) is 0.417. The number of aromatic nitrogens is 1. The molecule has 0 aliphatic heterocycles. The standard InChI is InChI=1S/C24H32N6O8S/c25-14(9-12-10-27-15-4-2-1-3-13(12)15)21(34)28-16(5-7-19(26)31)22(35)30-18(11-39)23(36)29-17(24(37)38)6-8-20(32)33/h1-4,10,14,16-18,27,39H,5-9,11,25H2,(H2,26,31)(H,28,34)(H,29,36)(H,30,35)(H,32,33)(H,37,38). The van der Waals surface area contributed by atoms with Crippen molar-refractivity contribution < 1.29 is 39.0 Å². The van der Waals surface area contributed by atoms with Crippen LogP contribution in [0.3, 0.4) is 0 Å². The van der Waals surface area contributed by atoms with Gasteiger partial charge in [0, 0.05) is 35.7 Å². The molecular formula is C24H32N6O8S. The summed E-state index contributed by atoms with van der Waals surface area (Å²) in [4.78, 5) is 75.0. The molecule has 1 aromatic heterocycles. The van der Waals surface area contributed by atoms with Crippen molar-refractivity contribution in [2.24, 2.45) is 11.5 Å². The average Bonchev–Trinajstić information content (AvgIpc) is 3.29. The molecule has 0 saturated carbocycles. The van der Waals surface area contributed by atoms with Crippen LogP contribution in [0.25, 0.3) is 10.9 Å². The molecular weight excluding hydrogens is 532 g/mol. The Labute approximate surface area is 228 Å². The maximum absolute atomic E-state index is 13.0. The first-order valence-electron chi connectivity index (χ1n) is 12.0. The van der Waals surface area contributed by atoms with Gasteiger partial charge < -0.3 is 42.6 Å². The van der Waals surface area contributed by atoms with Crippen LogP contribution in [-0.2, 0) is 35.2 Å². The summed E-state index contributed by atoms with van der Waals surface area (Å²) in [5.74, 6) is -6.13. The fourth-order valence-electron chi connectivity index (χ4n) is 3.73. The molecule has 0 fully saturated rings. The van der Waals surface area contributed by atoms with Crippen LogP contribution in [0.4, 0.5) is 0 Å². The lowest BCUT2D eigenvalue weighted by molar-refractivity contribution is -0.143. The monoisotopic (exact) mass is 564 g/mol. The van der Waals surface area contributed by atoms with E-state index in [2.05, 4.69) is 33.6 Å². The van der Waals surface area contributed by atoms with Gasteiger partial charge in [0.2, 0.25) is 23.6 Å². The van der Waals surface area contributed by atoms with E-state index in [1.807, 2.05) is 24.3 Å². The van der Waals surface area contributed by atoms with Gasteiger partial charge in [-0.2, -0.15) is 12.6 Å². The third-order valence-electron chi connectivity index (χ3n) is 5.84. The Balaban J connectivity index is 2.08. The van der Waals surface area contributed by atoms with E-state index < -0.39 is 66.2 Å². The zero-order valence-corrected chi connectivity index (χ0v) is 21.8. The molecule has 4 amide bonds. The van der Waals surface area contributed by atoms with Crippen molar-refractivity contribution >= 4 is 59.1 Å². The lowest BCUT2D eigenvalue weighted by Crippen LogP contribution is -2.58. The number of rotatable bonds is 16. The SMILES string of the molecule is NC(=O)CCC(NC(=O)C(N)Cc1c[nH]c2ccccc12)C(=O)NC(CS)C(=O)NC(CCC(=O)O)C(=O)O. The van der Waals surface area contributed by atoms with Gasteiger partial charge >= 0.3 is 11.9 Å². The molecule has 15 heteroatoms. The molecule has 0 saturated heterocycles. The third-order valence-corrected chi connectivity index (χ3v) is 6.21. The summed E-state index contributed by atoms with van der Waals surface area (Å²) in [6.07, 6.45) is 0.541. The van der Waals surface area contributed by atoms with Gasteiger partial charge in [0.25, 0.3) is 0 Å². The van der Waals surface area contributed by atoms with E-state index in [9.17, 15) is 33.9 Å². The zero-order valence-electron chi connectivity index (χ0n) is 20.9. The molecule has 2 aromatic rings. The Morgan fingerprint density at radius 3 is 2.08 bits per heavy atom. The summed E-state index contributed by atoms with van der Waals surface area (Å²) in [5.41, 5.74) is 12.9. The number of thiol groups is 1. The number of aliphatic carboxylic acids is 2. The van der Waals surface area contributed by atoms with Crippen LogP contribution in [0, 0.1) is 0 Å². The van der Waals surface area contributed by atoms with Crippen LogP contribution in [0.1, 0.15) is 31.2 Å². The highest BCUT2D eigenvalue weighted by atomic mass is 32.1. The molecule has 0 aliphatic carbocycles. The van der Waals surface area contributed by atoms with E-state index in [4.69, 9.17) is 16.6 Å². The van der Waals surface area contributed by atoms with E-state index >= 15 is 0 Å². The predicted molar refractivity (Wildman–Crippen MR) is 143 cm³/mol. The van der Waals surface area contributed by atoms with E-state index in [1.165, 1.54) is 0 Å². The molecule has 0 aliphatic rings. The number of carbonyl (C=O) groups excluding carboxylic acids is 4. The van der Waals surface area contributed by atoms with Crippen LogP contribution < -0.4 is 27.4 Å². The normalized spacial score (nSPS) is 14.0. The minimum Gasteiger partial charge on any atom is -0.481 e. The quantitative estimate of drug-likeness (QED) is 0.109. The summed E-state index contributed by atoms with van der Waals surface area (Å²) < 4.78 is 0. The maximum atomic E-state index is 13.0. The Kier molecular flexibility index (Phi) is 11.7.